The highest BCUT2D eigenvalue weighted by Gasteiger charge is 2.26. The Balaban J connectivity index is 2.26. The van der Waals surface area contributed by atoms with Crippen LogP contribution < -0.4 is 10.6 Å². The first-order valence-corrected chi connectivity index (χ1v) is 6.80. The van der Waals surface area contributed by atoms with Crippen molar-refractivity contribution in [2.24, 2.45) is 5.92 Å². The Bertz CT molecular complexity index is 526. The second-order valence-corrected chi connectivity index (χ2v) is 5.19. The van der Waals surface area contributed by atoms with Gasteiger partial charge < -0.3 is 10.6 Å². The van der Waals surface area contributed by atoms with Crippen molar-refractivity contribution in [3.63, 3.8) is 0 Å². The van der Waals surface area contributed by atoms with Crippen molar-refractivity contribution in [3.8, 4) is 0 Å². The van der Waals surface area contributed by atoms with Crippen molar-refractivity contribution in [2.45, 2.75) is 32.2 Å². The highest BCUT2D eigenvalue weighted by Crippen LogP contribution is 2.33. The summed E-state index contributed by atoms with van der Waals surface area (Å²) >= 11 is 0. The largest absolute Gasteiger partial charge is 0.377 e. The van der Waals surface area contributed by atoms with Gasteiger partial charge in [-0.15, -0.1) is 0 Å². The molecule has 0 saturated heterocycles. The molecule has 1 aromatic rings. The maximum atomic E-state index is 11.6. The van der Waals surface area contributed by atoms with Gasteiger partial charge in [-0.3, -0.25) is 14.9 Å². The Morgan fingerprint density at radius 1 is 1.45 bits per heavy atom. The molecule has 6 heteroatoms. The predicted octanol–water partition coefficient (Wildman–Crippen LogP) is 2.55. The second kappa shape index (κ2) is 5.90. The summed E-state index contributed by atoms with van der Waals surface area (Å²) in [6.07, 6.45) is 3.52. The van der Waals surface area contributed by atoms with Gasteiger partial charge in [-0.1, -0.05) is 6.42 Å². The molecule has 0 aliphatic heterocycles. The number of nitro groups is 1. The molecule has 0 radical (unpaired) electrons. The molecule has 2 N–H and O–H groups in total. The minimum absolute atomic E-state index is 0.00354. The molecule has 0 heterocycles. The lowest BCUT2D eigenvalue weighted by Crippen LogP contribution is -2.31. The monoisotopic (exact) mass is 277 g/mol. The molecule has 20 heavy (non-hydrogen) atoms. The lowest BCUT2D eigenvalue weighted by molar-refractivity contribution is -0.384. The van der Waals surface area contributed by atoms with Crippen molar-refractivity contribution < 1.29 is 9.72 Å². The molecule has 0 aromatic heterocycles. The van der Waals surface area contributed by atoms with Crippen LogP contribution in [0.25, 0.3) is 0 Å². The lowest BCUT2D eigenvalue weighted by Gasteiger charge is -2.32. The summed E-state index contributed by atoms with van der Waals surface area (Å²) in [6.45, 7) is 2.03. The number of nitrogens with zero attached hydrogens (tertiary/aromatic N) is 1. The molecule has 1 aliphatic rings. The molecule has 6 nitrogen and oxygen atoms in total. The molecular weight excluding hydrogens is 258 g/mol. The number of hydrogen-bond donors (Lipinski definition) is 2. The Labute approximate surface area is 117 Å². The van der Waals surface area contributed by atoms with E-state index < -0.39 is 4.92 Å². The minimum Gasteiger partial charge on any atom is -0.377 e. The van der Waals surface area contributed by atoms with Crippen LogP contribution in [0, 0.1) is 16.0 Å². The van der Waals surface area contributed by atoms with E-state index in [1.165, 1.54) is 25.6 Å². The smallest absolute Gasteiger partial charge is 0.292 e. The van der Waals surface area contributed by atoms with Gasteiger partial charge >= 0.3 is 0 Å². The predicted molar refractivity (Wildman–Crippen MR) is 76.9 cm³/mol. The summed E-state index contributed by atoms with van der Waals surface area (Å²) in [5.74, 6) is 0.303. The van der Waals surface area contributed by atoms with E-state index >= 15 is 0 Å². The average Bonchev–Trinajstić information content (AvgIpc) is 2.35. The summed E-state index contributed by atoms with van der Waals surface area (Å²) < 4.78 is 0. The SMILES string of the molecule is CNC(=O)c1ccc([N+](=O)[O-])c(NC(C)C2CCC2)c1. The van der Waals surface area contributed by atoms with Gasteiger partial charge in [0.1, 0.15) is 5.69 Å². The normalized spacial score (nSPS) is 16.1. The fraction of sp³-hybridized carbons (Fsp3) is 0.500. The number of hydrogen-bond acceptors (Lipinski definition) is 4. The quantitative estimate of drug-likeness (QED) is 0.640. The molecule has 1 saturated carbocycles. The van der Waals surface area contributed by atoms with Gasteiger partial charge in [0.15, 0.2) is 0 Å². The highest BCUT2D eigenvalue weighted by molar-refractivity contribution is 5.95. The Hall–Kier alpha value is -2.11. The van der Waals surface area contributed by atoms with Gasteiger partial charge in [0, 0.05) is 24.7 Å². The number of carbonyl (C=O) groups is 1. The molecule has 0 bridgehead atoms. The molecule has 1 aliphatic carbocycles. The van der Waals surface area contributed by atoms with E-state index in [0.29, 0.717) is 17.2 Å². The highest BCUT2D eigenvalue weighted by atomic mass is 16.6. The van der Waals surface area contributed by atoms with Gasteiger partial charge in [-0.05, 0) is 37.8 Å². The first-order chi connectivity index (χ1) is 9.52. The van der Waals surface area contributed by atoms with E-state index in [4.69, 9.17) is 0 Å². The Morgan fingerprint density at radius 2 is 2.15 bits per heavy atom. The average molecular weight is 277 g/mol. The maximum Gasteiger partial charge on any atom is 0.292 e. The van der Waals surface area contributed by atoms with Gasteiger partial charge in [-0.2, -0.15) is 0 Å². The number of anilines is 1. The maximum absolute atomic E-state index is 11.6. The summed E-state index contributed by atoms with van der Waals surface area (Å²) in [7, 11) is 1.54. The molecule has 0 spiro atoms. The fourth-order valence-electron chi connectivity index (χ4n) is 2.40. The van der Waals surface area contributed by atoms with Crippen LogP contribution >= 0.6 is 0 Å². The van der Waals surface area contributed by atoms with Crippen molar-refractivity contribution >= 4 is 17.3 Å². The van der Waals surface area contributed by atoms with Crippen molar-refractivity contribution in [3.05, 3.63) is 33.9 Å². The van der Waals surface area contributed by atoms with E-state index in [9.17, 15) is 14.9 Å². The van der Waals surface area contributed by atoms with Crippen LogP contribution in [0.1, 0.15) is 36.5 Å². The van der Waals surface area contributed by atoms with Crippen LogP contribution in [0.2, 0.25) is 0 Å². The first-order valence-electron chi connectivity index (χ1n) is 6.80. The summed E-state index contributed by atoms with van der Waals surface area (Å²) in [5.41, 5.74) is 0.834. The van der Waals surface area contributed by atoms with E-state index in [1.807, 2.05) is 6.92 Å². The Morgan fingerprint density at radius 3 is 2.65 bits per heavy atom. The molecule has 108 valence electrons. The van der Waals surface area contributed by atoms with Crippen molar-refractivity contribution in [1.29, 1.82) is 0 Å². The molecule has 1 fully saturated rings. The fourth-order valence-corrected chi connectivity index (χ4v) is 2.40. The summed E-state index contributed by atoms with van der Waals surface area (Å²) in [5, 5.41) is 16.8. The molecular formula is C14H19N3O3. The van der Waals surface area contributed by atoms with Crippen molar-refractivity contribution in [2.75, 3.05) is 12.4 Å². The minimum atomic E-state index is -0.427. The number of nitro benzene ring substituents is 1. The van der Waals surface area contributed by atoms with Crippen LogP contribution in [0.4, 0.5) is 11.4 Å². The third-order valence-corrected chi connectivity index (χ3v) is 3.92. The van der Waals surface area contributed by atoms with Crippen LogP contribution in [0.3, 0.4) is 0 Å². The standard InChI is InChI=1S/C14H19N3O3/c1-9(10-4-3-5-10)16-12-8-11(14(18)15-2)6-7-13(12)17(19)20/h6-10,16H,3-5H2,1-2H3,(H,15,18). The van der Waals surface area contributed by atoms with Crippen molar-refractivity contribution in [1.82, 2.24) is 5.32 Å². The first kappa shape index (κ1) is 14.3. The number of benzene rings is 1. The van der Waals surface area contributed by atoms with Gasteiger partial charge in [0.2, 0.25) is 0 Å². The van der Waals surface area contributed by atoms with E-state index in [2.05, 4.69) is 10.6 Å². The van der Waals surface area contributed by atoms with Crippen LogP contribution in [-0.2, 0) is 0 Å². The topological polar surface area (TPSA) is 84.3 Å². The van der Waals surface area contributed by atoms with Gasteiger partial charge in [-0.25, -0.2) is 0 Å². The lowest BCUT2D eigenvalue weighted by atomic mass is 9.80. The van der Waals surface area contributed by atoms with E-state index in [0.717, 1.165) is 12.8 Å². The third-order valence-electron chi connectivity index (χ3n) is 3.92. The zero-order valence-corrected chi connectivity index (χ0v) is 11.7. The number of amides is 1. The molecule has 1 atom stereocenters. The van der Waals surface area contributed by atoms with Gasteiger partial charge in [0.05, 0.1) is 4.92 Å². The third kappa shape index (κ3) is 2.89. The van der Waals surface area contributed by atoms with E-state index in [1.54, 1.807) is 6.07 Å². The van der Waals surface area contributed by atoms with Crippen LogP contribution in [-0.4, -0.2) is 23.9 Å². The summed E-state index contributed by atoms with van der Waals surface area (Å²) in [6, 6.07) is 4.56. The molecule has 1 unspecified atom stereocenters. The van der Waals surface area contributed by atoms with Gasteiger partial charge in [0.25, 0.3) is 11.6 Å². The van der Waals surface area contributed by atoms with Crippen LogP contribution in [0.15, 0.2) is 18.2 Å². The summed E-state index contributed by atoms with van der Waals surface area (Å²) in [4.78, 5) is 22.3. The van der Waals surface area contributed by atoms with Crippen LogP contribution in [0.5, 0.6) is 0 Å². The second-order valence-electron chi connectivity index (χ2n) is 5.19. The van der Waals surface area contributed by atoms with E-state index in [-0.39, 0.29) is 17.6 Å². The number of rotatable bonds is 5. The zero-order chi connectivity index (χ0) is 14.7. The Kier molecular flexibility index (Phi) is 4.22. The number of nitrogens with one attached hydrogen (secondary N) is 2. The zero-order valence-electron chi connectivity index (χ0n) is 11.7. The number of carbonyl (C=O) groups excluding carboxylic acids is 1. The molecule has 1 amide bonds. The molecule has 1 aromatic carbocycles. The molecule has 2 rings (SSSR count).